The first kappa shape index (κ1) is 15.9. The Balaban J connectivity index is 1.60. The van der Waals surface area contributed by atoms with E-state index in [0.717, 1.165) is 19.3 Å². The smallest absolute Gasteiger partial charge is 0.258 e. The van der Waals surface area contributed by atoms with Gasteiger partial charge in [-0.25, -0.2) is 0 Å². The molecule has 0 radical (unpaired) electrons. The summed E-state index contributed by atoms with van der Waals surface area (Å²) in [6.45, 7) is 0. The number of nitro groups is 1. The zero-order chi connectivity index (χ0) is 18.4. The van der Waals surface area contributed by atoms with Crippen LogP contribution in [0.5, 0.6) is 0 Å². The standard InChI is InChI=1S/C23H18N2O2/c26-25(27)22-6-3-13-24-23(22)17-9-10-19-16(14-17)8-12-20-18-5-2-1-4-15(18)7-11-21(19)20/h1-8,11-13,17H,9-10,14H2. The minimum Gasteiger partial charge on any atom is -0.258 e. The van der Waals surface area contributed by atoms with Crippen molar-refractivity contribution >= 4 is 27.2 Å². The van der Waals surface area contributed by atoms with Gasteiger partial charge in [0, 0.05) is 18.2 Å². The number of pyridine rings is 1. The molecule has 0 amide bonds. The average molecular weight is 354 g/mol. The van der Waals surface area contributed by atoms with Crippen LogP contribution in [-0.2, 0) is 12.8 Å². The summed E-state index contributed by atoms with van der Waals surface area (Å²) in [4.78, 5) is 15.4. The van der Waals surface area contributed by atoms with E-state index >= 15 is 0 Å². The summed E-state index contributed by atoms with van der Waals surface area (Å²) >= 11 is 0. The fourth-order valence-electron chi connectivity index (χ4n) is 4.48. The molecular weight excluding hydrogens is 336 g/mol. The minimum absolute atomic E-state index is 0.0945. The van der Waals surface area contributed by atoms with E-state index in [-0.39, 0.29) is 16.5 Å². The van der Waals surface area contributed by atoms with Gasteiger partial charge in [0.05, 0.1) is 4.92 Å². The largest absolute Gasteiger partial charge is 0.291 e. The monoisotopic (exact) mass is 354 g/mol. The molecule has 0 spiro atoms. The summed E-state index contributed by atoms with van der Waals surface area (Å²) in [6, 6.07) is 20.5. The molecule has 1 aliphatic carbocycles. The molecule has 3 aromatic carbocycles. The number of benzene rings is 3. The maximum Gasteiger partial charge on any atom is 0.291 e. The van der Waals surface area contributed by atoms with Crippen molar-refractivity contribution in [2.24, 2.45) is 0 Å². The van der Waals surface area contributed by atoms with Crippen LogP contribution in [0.15, 0.2) is 66.9 Å². The molecule has 1 atom stereocenters. The number of aryl methyl sites for hydroxylation is 1. The lowest BCUT2D eigenvalue weighted by molar-refractivity contribution is -0.386. The highest BCUT2D eigenvalue weighted by atomic mass is 16.6. The Morgan fingerprint density at radius 3 is 2.67 bits per heavy atom. The van der Waals surface area contributed by atoms with Gasteiger partial charge in [-0.1, -0.05) is 48.5 Å². The molecule has 0 fully saturated rings. The molecule has 4 nitrogen and oxygen atoms in total. The number of fused-ring (bicyclic) bond motifs is 5. The lowest BCUT2D eigenvalue weighted by Gasteiger charge is -2.25. The number of hydrogen-bond acceptors (Lipinski definition) is 3. The zero-order valence-electron chi connectivity index (χ0n) is 14.8. The molecule has 0 bridgehead atoms. The van der Waals surface area contributed by atoms with Crippen LogP contribution in [0.2, 0.25) is 0 Å². The lowest BCUT2D eigenvalue weighted by Crippen LogP contribution is -2.15. The molecule has 0 aliphatic heterocycles. The predicted octanol–water partition coefficient (Wildman–Crippen LogP) is 5.57. The summed E-state index contributed by atoms with van der Waals surface area (Å²) in [6.07, 6.45) is 4.26. The topological polar surface area (TPSA) is 56.0 Å². The van der Waals surface area contributed by atoms with Crippen LogP contribution in [0.25, 0.3) is 21.5 Å². The van der Waals surface area contributed by atoms with Gasteiger partial charge in [0.1, 0.15) is 5.69 Å². The minimum atomic E-state index is -0.315. The molecule has 132 valence electrons. The maximum absolute atomic E-state index is 11.4. The van der Waals surface area contributed by atoms with E-state index in [4.69, 9.17) is 0 Å². The first-order valence-electron chi connectivity index (χ1n) is 9.24. The second-order valence-corrected chi connectivity index (χ2v) is 7.19. The van der Waals surface area contributed by atoms with E-state index in [0.29, 0.717) is 5.69 Å². The van der Waals surface area contributed by atoms with Crippen molar-refractivity contribution in [3.05, 3.63) is 93.8 Å². The van der Waals surface area contributed by atoms with Crippen LogP contribution in [0.1, 0.15) is 29.2 Å². The van der Waals surface area contributed by atoms with Crippen molar-refractivity contribution in [1.82, 2.24) is 4.98 Å². The van der Waals surface area contributed by atoms with Gasteiger partial charge in [-0.15, -0.1) is 0 Å². The number of rotatable bonds is 2. The van der Waals surface area contributed by atoms with Crippen molar-refractivity contribution in [2.75, 3.05) is 0 Å². The molecule has 1 unspecified atom stereocenters. The highest BCUT2D eigenvalue weighted by Gasteiger charge is 2.28. The van der Waals surface area contributed by atoms with E-state index in [2.05, 4.69) is 53.5 Å². The molecule has 1 heterocycles. The third kappa shape index (κ3) is 2.56. The second-order valence-electron chi connectivity index (χ2n) is 7.19. The predicted molar refractivity (Wildman–Crippen MR) is 107 cm³/mol. The SMILES string of the molecule is O=[N+]([O-])c1cccnc1C1CCc2c(ccc3c2ccc2ccccc23)C1. The van der Waals surface area contributed by atoms with Gasteiger partial charge in [-0.3, -0.25) is 15.1 Å². The second kappa shape index (κ2) is 6.16. The first-order chi connectivity index (χ1) is 13.2. The Hall–Kier alpha value is -3.27. The summed E-state index contributed by atoms with van der Waals surface area (Å²) in [5.41, 5.74) is 3.42. The van der Waals surface area contributed by atoms with E-state index < -0.39 is 0 Å². The fraction of sp³-hybridized carbons (Fsp3) is 0.174. The van der Waals surface area contributed by atoms with Gasteiger partial charge in [0.15, 0.2) is 0 Å². The highest BCUT2D eigenvalue weighted by molar-refractivity contribution is 6.08. The Kier molecular flexibility index (Phi) is 3.64. The highest BCUT2D eigenvalue weighted by Crippen LogP contribution is 2.39. The van der Waals surface area contributed by atoms with Crippen LogP contribution in [0, 0.1) is 10.1 Å². The van der Waals surface area contributed by atoms with Gasteiger partial charge < -0.3 is 0 Å². The Morgan fingerprint density at radius 1 is 0.926 bits per heavy atom. The van der Waals surface area contributed by atoms with Crippen molar-refractivity contribution in [2.45, 2.75) is 25.2 Å². The quantitative estimate of drug-likeness (QED) is 0.269. The van der Waals surface area contributed by atoms with Gasteiger partial charge in [-0.05, 0) is 58.0 Å². The number of aromatic nitrogens is 1. The summed E-state index contributed by atoms with van der Waals surface area (Å²) < 4.78 is 0. The maximum atomic E-state index is 11.4. The van der Waals surface area contributed by atoms with E-state index in [1.165, 1.54) is 32.7 Å². The molecule has 0 saturated carbocycles. The normalized spacial score (nSPS) is 16.4. The Labute approximate surface area is 156 Å². The molecule has 4 heteroatoms. The summed E-state index contributed by atoms with van der Waals surface area (Å²) in [7, 11) is 0. The summed E-state index contributed by atoms with van der Waals surface area (Å²) in [5.74, 6) is 0.0945. The van der Waals surface area contributed by atoms with Crippen LogP contribution >= 0.6 is 0 Å². The van der Waals surface area contributed by atoms with Crippen molar-refractivity contribution < 1.29 is 4.92 Å². The molecule has 4 aromatic rings. The van der Waals surface area contributed by atoms with Gasteiger partial charge >= 0.3 is 0 Å². The van der Waals surface area contributed by atoms with E-state index in [1.807, 2.05) is 0 Å². The van der Waals surface area contributed by atoms with Crippen molar-refractivity contribution in [1.29, 1.82) is 0 Å². The molecular formula is C23H18N2O2. The van der Waals surface area contributed by atoms with E-state index in [1.54, 1.807) is 18.3 Å². The number of nitrogens with zero attached hydrogens (tertiary/aromatic N) is 2. The van der Waals surface area contributed by atoms with Gasteiger partial charge in [0.2, 0.25) is 0 Å². The fourth-order valence-corrected chi connectivity index (χ4v) is 4.48. The lowest BCUT2D eigenvalue weighted by atomic mass is 9.79. The Bertz CT molecular complexity index is 1200. The van der Waals surface area contributed by atoms with Crippen LogP contribution < -0.4 is 0 Å². The van der Waals surface area contributed by atoms with Crippen molar-refractivity contribution in [3.8, 4) is 0 Å². The third-order valence-electron chi connectivity index (χ3n) is 5.74. The molecule has 0 N–H and O–H groups in total. The first-order valence-corrected chi connectivity index (χ1v) is 9.24. The average Bonchev–Trinajstić information content (AvgIpc) is 2.72. The van der Waals surface area contributed by atoms with Crippen LogP contribution in [-0.4, -0.2) is 9.91 Å². The zero-order valence-corrected chi connectivity index (χ0v) is 14.8. The van der Waals surface area contributed by atoms with Crippen LogP contribution in [0.4, 0.5) is 5.69 Å². The molecule has 1 aliphatic rings. The van der Waals surface area contributed by atoms with Gasteiger partial charge in [-0.2, -0.15) is 0 Å². The summed E-state index contributed by atoms with van der Waals surface area (Å²) in [5, 5.41) is 16.5. The molecule has 0 saturated heterocycles. The van der Waals surface area contributed by atoms with E-state index in [9.17, 15) is 10.1 Å². The third-order valence-corrected chi connectivity index (χ3v) is 5.74. The number of hydrogen-bond donors (Lipinski definition) is 0. The molecule has 5 rings (SSSR count). The Morgan fingerprint density at radius 2 is 1.78 bits per heavy atom. The molecule has 1 aromatic heterocycles. The van der Waals surface area contributed by atoms with Crippen LogP contribution in [0.3, 0.4) is 0 Å². The van der Waals surface area contributed by atoms with Crippen molar-refractivity contribution in [3.63, 3.8) is 0 Å². The molecule has 27 heavy (non-hydrogen) atoms. The van der Waals surface area contributed by atoms with Gasteiger partial charge in [0.25, 0.3) is 5.69 Å².